The van der Waals surface area contributed by atoms with E-state index in [2.05, 4.69) is 30.8 Å². The van der Waals surface area contributed by atoms with Crippen LogP contribution in [0.5, 0.6) is 0 Å². The van der Waals surface area contributed by atoms with E-state index in [9.17, 15) is 0 Å². The monoisotopic (exact) mass is 346 g/mol. The number of nitrogens with zero attached hydrogens (tertiary/aromatic N) is 4. The van der Waals surface area contributed by atoms with Crippen LogP contribution in [0.25, 0.3) is 0 Å². The van der Waals surface area contributed by atoms with Gasteiger partial charge in [-0.25, -0.2) is 0 Å². The van der Waals surface area contributed by atoms with Gasteiger partial charge in [-0.05, 0) is 30.3 Å². The molecule has 2 heterocycles. The molecule has 0 atom stereocenters. The number of aromatic nitrogens is 4. The molecule has 6 nitrogen and oxygen atoms in total. The maximum atomic E-state index is 6.11. The predicted octanol–water partition coefficient (Wildman–Crippen LogP) is 3.93. The molecule has 0 aliphatic rings. The van der Waals surface area contributed by atoms with E-state index in [1.807, 2.05) is 18.2 Å². The fourth-order valence-electron chi connectivity index (χ4n) is 1.84. The summed E-state index contributed by atoms with van der Waals surface area (Å²) in [6, 6.07) is 10.8. The first-order valence-corrected chi connectivity index (χ1v) is 7.52. The molecule has 0 saturated carbocycles. The Morgan fingerprint density at radius 1 is 1.09 bits per heavy atom. The lowest BCUT2D eigenvalue weighted by atomic mass is 10.3. The van der Waals surface area contributed by atoms with Crippen LogP contribution in [0.2, 0.25) is 10.0 Å². The Bertz CT molecular complexity index is 797. The Morgan fingerprint density at radius 3 is 2.78 bits per heavy atom. The Morgan fingerprint density at radius 2 is 2.00 bits per heavy atom. The second kappa shape index (κ2) is 7.21. The quantitative estimate of drug-likeness (QED) is 0.728. The topological polar surface area (TPSA) is 75.6 Å². The molecule has 0 aliphatic heterocycles. The highest BCUT2D eigenvalue weighted by atomic mass is 35.5. The molecule has 0 radical (unpaired) electrons. The van der Waals surface area contributed by atoms with Crippen molar-refractivity contribution >= 4 is 40.7 Å². The third-order valence-electron chi connectivity index (χ3n) is 2.91. The molecule has 0 saturated heterocycles. The van der Waals surface area contributed by atoms with Crippen molar-refractivity contribution in [1.29, 1.82) is 0 Å². The average Bonchev–Trinajstić information content (AvgIpc) is 2.57. The fourth-order valence-corrected chi connectivity index (χ4v) is 2.29. The van der Waals surface area contributed by atoms with Gasteiger partial charge in [0, 0.05) is 11.2 Å². The van der Waals surface area contributed by atoms with E-state index in [4.69, 9.17) is 23.2 Å². The van der Waals surface area contributed by atoms with Gasteiger partial charge in [0.05, 0.1) is 29.1 Å². The van der Waals surface area contributed by atoms with Crippen LogP contribution < -0.4 is 10.6 Å². The van der Waals surface area contributed by atoms with Crippen molar-refractivity contribution in [3.63, 3.8) is 0 Å². The van der Waals surface area contributed by atoms with Gasteiger partial charge in [0.1, 0.15) is 0 Å². The molecule has 3 rings (SSSR count). The summed E-state index contributed by atoms with van der Waals surface area (Å²) in [6.45, 7) is 0.542. The highest BCUT2D eigenvalue weighted by Gasteiger charge is 2.05. The largest absolute Gasteiger partial charge is 0.363 e. The highest BCUT2D eigenvalue weighted by molar-refractivity contribution is 6.36. The SMILES string of the molecule is Clc1ccc(Nc2nncc(NCc3ccccn3)n2)c(Cl)c1. The van der Waals surface area contributed by atoms with Crippen LogP contribution in [0.15, 0.2) is 48.8 Å². The summed E-state index contributed by atoms with van der Waals surface area (Å²) in [7, 11) is 0. The van der Waals surface area contributed by atoms with Gasteiger partial charge in [0.15, 0.2) is 5.82 Å². The Labute approximate surface area is 142 Å². The molecule has 0 fully saturated rings. The van der Waals surface area contributed by atoms with Crippen molar-refractivity contribution < 1.29 is 0 Å². The van der Waals surface area contributed by atoms with Gasteiger partial charge < -0.3 is 10.6 Å². The third kappa shape index (κ3) is 4.28. The van der Waals surface area contributed by atoms with Crippen LogP contribution in [0, 0.1) is 0 Å². The van der Waals surface area contributed by atoms with Crippen molar-refractivity contribution in [2.24, 2.45) is 0 Å². The first kappa shape index (κ1) is 15.5. The molecule has 8 heteroatoms. The van der Waals surface area contributed by atoms with Crippen molar-refractivity contribution in [2.75, 3.05) is 10.6 Å². The highest BCUT2D eigenvalue weighted by Crippen LogP contribution is 2.27. The molecule has 0 amide bonds. The summed E-state index contributed by atoms with van der Waals surface area (Å²) in [4.78, 5) is 8.56. The van der Waals surface area contributed by atoms with Gasteiger partial charge in [-0.2, -0.15) is 10.1 Å². The Hall–Kier alpha value is -2.44. The number of benzene rings is 1. The number of rotatable bonds is 5. The molecule has 0 spiro atoms. The van der Waals surface area contributed by atoms with E-state index >= 15 is 0 Å². The number of pyridine rings is 1. The van der Waals surface area contributed by atoms with Gasteiger partial charge in [-0.1, -0.05) is 29.3 Å². The molecule has 2 N–H and O–H groups in total. The molecule has 2 aromatic heterocycles. The molecule has 0 bridgehead atoms. The van der Waals surface area contributed by atoms with Crippen LogP contribution in [0.4, 0.5) is 17.5 Å². The van der Waals surface area contributed by atoms with E-state index in [0.29, 0.717) is 34.0 Å². The zero-order valence-electron chi connectivity index (χ0n) is 11.9. The minimum Gasteiger partial charge on any atom is -0.363 e. The van der Waals surface area contributed by atoms with Gasteiger partial charge >= 0.3 is 0 Å². The minimum absolute atomic E-state index is 0.334. The Balaban J connectivity index is 1.69. The predicted molar refractivity (Wildman–Crippen MR) is 91.1 cm³/mol. The average molecular weight is 347 g/mol. The maximum Gasteiger partial charge on any atom is 0.249 e. The smallest absolute Gasteiger partial charge is 0.249 e. The number of nitrogens with one attached hydrogen (secondary N) is 2. The standard InChI is InChI=1S/C15H12Cl2N6/c16-10-4-5-13(12(17)7-10)21-15-22-14(9-20-23-15)19-8-11-3-1-2-6-18-11/h1-7,9H,8H2,(H2,19,21,22,23). The second-order valence-electron chi connectivity index (χ2n) is 4.59. The van der Waals surface area contributed by atoms with Crippen LogP contribution in [0.1, 0.15) is 5.69 Å². The first-order valence-electron chi connectivity index (χ1n) is 6.76. The number of halogens is 2. The van der Waals surface area contributed by atoms with E-state index < -0.39 is 0 Å². The van der Waals surface area contributed by atoms with Crippen molar-refractivity contribution in [2.45, 2.75) is 6.54 Å². The third-order valence-corrected chi connectivity index (χ3v) is 3.46. The minimum atomic E-state index is 0.334. The summed E-state index contributed by atoms with van der Waals surface area (Å²) >= 11 is 12.0. The Kier molecular flexibility index (Phi) is 4.85. The molecule has 3 aromatic rings. The van der Waals surface area contributed by atoms with E-state index in [-0.39, 0.29) is 0 Å². The van der Waals surface area contributed by atoms with Crippen LogP contribution in [-0.4, -0.2) is 20.2 Å². The fraction of sp³-hybridized carbons (Fsp3) is 0.0667. The van der Waals surface area contributed by atoms with Gasteiger partial charge in [-0.3, -0.25) is 4.98 Å². The summed E-state index contributed by atoms with van der Waals surface area (Å²) in [5, 5.41) is 15.0. The number of hydrogen-bond acceptors (Lipinski definition) is 6. The summed E-state index contributed by atoms with van der Waals surface area (Å²) in [6.07, 6.45) is 3.28. The number of anilines is 3. The lowest BCUT2D eigenvalue weighted by Gasteiger charge is -2.08. The van der Waals surface area contributed by atoms with Crippen LogP contribution in [0.3, 0.4) is 0 Å². The van der Waals surface area contributed by atoms with Gasteiger partial charge in [0.2, 0.25) is 5.95 Å². The van der Waals surface area contributed by atoms with Crippen molar-refractivity contribution in [3.05, 3.63) is 64.5 Å². The molecular weight excluding hydrogens is 335 g/mol. The lowest BCUT2D eigenvalue weighted by Crippen LogP contribution is -2.06. The lowest BCUT2D eigenvalue weighted by molar-refractivity contribution is 0.955. The summed E-state index contributed by atoms with van der Waals surface area (Å²) in [5.41, 5.74) is 1.56. The van der Waals surface area contributed by atoms with E-state index in [0.717, 1.165) is 5.69 Å². The van der Waals surface area contributed by atoms with Crippen molar-refractivity contribution in [1.82, 2.24) is 20.2 Å². The summed E-state index contributed by atoms with van der Waals surface area (Å²) in [5.74, 6) is 0.915. The van der Waals surface area contributed by atoms with E-state index in [1.165, 1.54) is 6.20 Å². The molecule has 116 valence electrons. The molecular formula is C15H12Cl2N6. The van der Waals surface area contributed by atoms with Crippen LogP contribution in [-0.2, 0) is 6.54 Å². The normalized spacial score (nSPS) is 10.3. The first-order chi connectivity index (χ1) is 11.2. The second-order valence-corrected chi connectivity index (χ2v) is 5.43. The molecule has 0 aliphatic carbocycles. The maximum absolute atomic E-state index is 6.11. The zero-order valence-corrected chi connectivity index (χ0v) is 13.4. The zero-order chi connectivity index (χ0) is 16.1. The number of hydrogen-bond donors (Lipinski definition) is 2. The molecule has 23 heavy (non-hydrogen) atoms. The summed E-state index contributed by atoms with van der Waals surface area (Å²) < 4.78 is 0. The molecule has 0 unspecified atom stereocenters. The van der Waals surface area contributed by atoms with E-state index in [1.54, 1.807) is 24.4 Å². The van der Waals surface area contributed by atoms with Crippen LogP contribution >= 0.6 is 23.2 Å². The van der Waals surface area contributed by atoms with Gasteiger partial charge in [-0.15, -0.1) is 5.10 Å². The molecule has 1 aromatic carbocycles. The van der Waals surface area contributed by atoms with Crippen molar-refractivity contribution in [3.8, 4) is 0 Å². The van der Waals surface area contributed by atoms with Gasteiger partial charge in [0.25, 0.3) is 0 Å².